The normalized spacial score (nSPS) is 27.6. The van der Waals surface area contributed by atoms with Gasteiger partial charge in [0, 0.05) is 5.56 Å². The average molecular weight is 166 g/mol. The Labute approximate surface area is 71.9 Å². The van der Waals surface area contributed by atoms with E-state index >= 15 is 0 Å². The third kappa shape index (κ3) is 1.05. The molecule has 1 aromatic heterocycles. The van der Waals surface area contributed by atoms with Crippen LogP contribution in [-0.4, -0.2) is 11.7 Å². The maximum absolute atomic E-state index is 5.58. The molecule has 2 atom stereocenters. The molecule has 2 rings (SSSR count). The number of rotatable bonds is 2. The van der Waals surface area contributed by atoms with Gasteiger partial charge in [-0.3, -0.25) is 0 Å². The Bertz CT molecular complexity index is 273. The molecule has 1 aliphatic carbocycles. The Kier molecular flexibility index (Phi) is 1.68. The van der Waals surface area contributed by atoms with E-state index in [1.54, 1.807) is 0 Å². The Hall–Kier alpha value is -0.830. The van der Waals surface area contributed by atoms with E-state index in [9.17, 15) is 0 Å². The molecule has 1 heterocycles. The first kappa shape index (κ1) is 7.80. The topological polar surface area (TPSA) is 52.0 Å². The lowest BCUT2D eigenvalue weighted by Crippen LogP contribution is -2.02. The fourth-order valence-electron chi connectivity index (χ4n) is 1.88. The Morgan fingerprint density at radius 1 is 1.58 bits per heavy atom. The highest BCUT2D eigenvalue weighted by Crippen LogP contribution is 2.48. The molecule has 0 bridgehead atoms. The molecule has 12 heavy (non-hydrogen) atoms. The molecule has 0 unspecified atom stereocenters. The zero-order chi connectivity index (χ0) is 8.72. The summed E-state index contributed by atoms with van der Waals surface area (Å²) in [6.07, 6.45) is 1.21. The molecule has 1 fully saturated rings. The van der Waals surface area contributed by atoms with Crippen LogP contribution in [0.15, 0.2) is 4.52 Å². The minimum absolute atomic E-state index is 0.626. The van der Waals surface area contributed by atoms with Crippen LogP contribution in [0, 0.1) is 19.8 Å². The second kappa shape index (κ2) is 2.59. The molecule has 1 aliphatic rings. The number of nitrogens with two attached hydrogens (primary N) is 1. The smallest absolute Gasteiger partial charge is 0.137 e. The molecule has 0 aromatic carbocycles. The van der Waals surface area contributed by atoms with E-state index in [2.05, 4.69) is 5.16 Å². The van der Waals surface area contributed by atoms with E-state index in [1.165, 1.54) is 12.0 Å². The van der Waals surface area contributed by atoms with E-state index in [0.29, 0.717) is 11.8 Å². The molecule has 0 amide bonds. The van der Waals surface area contributed by atoms with Crippen LogP contribution in [0.2, 0.25) is 0 Å². The Morgan fingerprint density at radius 3 is 2.75 bits per heavy atom. The molecular weight excluding hydrogens is 152 g/mol. The van der Waals surface area contributed by atoms with Crippen molar-refractivity contribution in [3.8, 4) is 0 Å². The first-order valence-electron chi connectivity index (χ1n) is 4.37. The molecule has 0 aliphatic heterocycles. The Balaban J connectivity index is 2.23. The van der Waals surface area contributed by atoms with Gasteiger partial charge in [0.15, 0.2) is 0 Å². The van der Waals surface area contributed by atoms with Crippen LogP contribution in [0.3, 0.4) is 0 Å². The standard InChI is InChI=1S/C9H14N2O/c1-5-9(6(2)12-11-5)8-3-7(8)4-10/h7-8H,3-4,10H2,1-2H3/t7-,8+/m0/s1. The molecule has 1 aromatic rings. The van der Waals surface area contributed by atoms with Gasteiger partial charge in [0.1, 0.15) is 5.76 Å². The zero-order valence-electron chi connectivity index (χ0n) is 7.50. The van der Waals surface area contributed by atoms with Gasteiger partial charge in [-0.25, -0.2) is 0 Å². The monoisotopic (exact) mass is 166 g/mol. The molecule has 3 nitrogen and oxygen atoms in total. The van der Waals surface area contributed by atoms with Crippen molar-refractivity contribution in [3.63, 3.8) is 0 Å². The van der Waals surface area contributed by atoms with Gasteiger partial charge >= 0.3 is 0 Å². The van der Waals surface area contributed by atoms with Crippen molar-refractivity contribution in [1.29, 1.82) is 0 Å². The quantitative estimate of drug-likeness (QED) is 0.721. The van der Waals surface area contributed by atoms with Gasteiger partial charge in [-0.2, -0.15) is 0 Å². The van der Waals surface area contributed by atoms with Crippen LogP contribution in [0.4, 0.5) is 0 Å². The molecule has 0 radical (unpaired) electrons. The first-order chi connectivity index (χ1) is 5.74. The van der Waals surface area contributed by atoms with Crippen LogP contribution in [-0.2, 0) is 0 Å². The average Bonchev–Trinajstić information content (AvgIpc) is 2.74. The van der Waals surface area contributed by atoms with E-state index < -0.39 is 0 Å². The highest BCUT2D eigenvalue weighted by atomic mass is 16.5. The summed E-state index contributed by atoms with van der Waals surface area (Å²) in [4.78, 5) is 0. The molecule has 1 saturated carbocycles. The predicted octanol–water partition coefficient (Wildman–Crippen LogP) is 1.35. The SMILES string of the molecule is Cc1noc(C)c1[C@@H]1C[C@H]1CN. The first-order valence-corrected chi connectivity index (χ1v) is 4.37. The fraction of sp³-hybridized carbons (Fsp3) is 0.667. The number of aromatic nitrogens is 1. The maximum atomic E-state index is 5.58. The van der Waals surface area contributed by atoms with Gasteiger partial charge in [-0.15, -0.1) is 0 Å². The molecule has 3 heteroatoms. The maximum Gasteiger partial charge on any atom is 0.137 e. The molecular formula is C9H14N2O. The van der Waals surface area contributed by atoms with Crippen molar-refractivity contribution in [2.45, 2.75) is 26.2 Å². The van der Waals surface area contributed by atoms with E-state index in [0.717, 1.165) is 18.0 Å². The predicted molar refractivity (Wildman–Crippen MR) is 45.9 cm³/mol. The van der Waals surface area contributed by atoms with Crippen molar-refractivity contribution in [1.82, 2.24) is 5.16 Å². The lowest BCUT2D eigenvalue weighted by molar-refractivity contribution is 0.392. The van der Waals surface area contributed by atoms with Gasteiger partial charge in [-0.1, -0.05) is 5.16 Å². The van der Waals surface area contributed by atoms with Crippen LogP contribution in [0.1, 0.15) is 29.4 Å². The Morgan fingerprint density at radius 2 is 2.33 bits per heavy atom. The summed E-state index contributed by atoms with van der Waals surface area (Å²) in [6.45, 7) is 4.76. The van der Waals surface area contributed by atoms with Gasteiger partial charge in [-0.05, 0) is 38.6 Å². The second-order valence-corrected chi connectivity index (χ2v) is 3.58. The minimum atomic E-state index is 0.626. The van der Waals surface area contributed by atoms with Crippen LogP contribution in [0.25, 0.3) is 0 Å². The van der Waals surface area contributed by atoms with Crippen LogP contribution >= 0.6 is 0 Å². The summed E-state index contributed by atoms with van der Waals surface area (Å²) in [7, 11) is 0. The third-order valence-corrected chi connectivity index (χ3v) is 2.68. The van der Waals surface area contributed by atoms with Crippen molar-refractivity contribution >= 4 is 0 Å². The highest BCUT2D eigenvalue weighted by molar-refractivity contribution is 5.31. The van der Waals surface area contributed by atoms with Crippen molar-refractivity contribution in [2.75, 3.05) is 6.54 Å². The number of aryl methyl sites for hydroxylation is 2. The molecule has 66 valence electrons. The second-order valence-electron chi connectivity index (χ2n) is 3.58. The number of hydrogen-bond acceptors (Lipinski definition) is 3. The lowest BCUT2D eigenvalue weighted by atomic mass is 10.1. The van der Waals surface area contributed by atoms with Crippen molar-refractivity contribution in [3.05, 3.63) is 17.0 Å². The van der Waals surface area contributed by atoms with Crippen LogP contribution < -0.4 is 5.73 Å². The molecule has 2 N–H and O–H groups in total. The molecule has 0 saturated heterocycles. The summed E-state index contributed by atoms with van der Waals surface area (Å²) in [5, 5.41) is 3.93. The van der Waals surface area contributed by atoms with Gasteiger partial charge in [0.2, 0.25) is 0 Å². The summed E-state index contributed by atoms with van der Waals surface area (Å²) in [6, 6.07) is 0. The zero-order valence-corrected chi connectivity index (χ0v) is 7.50. The highest BCUT2D eigenvalue weighted by Gasteiger charge is 2.40. The fourth-order valence-corrected chi connectivity index (χ4v) is 1.88. The lowest BCUT2D eigenvalue weighted by Gasteiger charge is -1.95. The summed E-state index contributed by atoms with van der Waals surface area (Å²) in [5.74, 6) is 2.26. The summed E-state index contributed by atoms with van der Waals surface area (Å²) < 4.78 is 5.10. The van der Waals surface area contributed by atoms with Gasteiger partial charge in [0.25, 0.3) is 0 Å². The summed E-state index contributed by atoms with van der Waals surface area (Å²) in [5.41, 5.74) is 7.91. The minimum Gasteiger partial charge on any atom is -0.361 e. The van der Waals surface area contributed by atoms with Gasteiger partial charge in [0.05, 0.1) is 5.69 Å². The van der Waals surface area contributed by atoms with Gasteiger partial charge < -0.3 is 10.3 Å². The van der Waals surface area contributed by atoms with E-state index in [4.69, 9.17) is 10.3 Å². The largest absolute Gasteiger partial charge is 0.361 e. The van der Waals surface area contributed by atoms with Crippen molar-refractivity contribution in [2.24, 2.45) is 11.7 Å². The number of nitrogens with zero attached hydrogens (tertiary/aromatic N) is 1. The van der Waals surface area contributed by atoms with E-state index in [1.807, 2.05) is 13.8 Å². The third-order valence-electron chi connectivity index (χ3n) is 2.68. The molecule has 0 spiro atoms. The number of hydrogen-bond donors (Lipinski definition) is 1. The van der Waals surface area contributed by atoms with Crippen LogP contribution in [0.5, 0.6) is 0 Å². The van der Waals surface area contributed by atoms with E-state index in [-0.39, 0.29) is 0 Å². The van der Waals surface area contributed by atoms with Crippen molar-refractivity contribution < 1.29 is 4.52 Å². The summed E-state index contributed by atoms with van der Waals surface area (Å²) >= 11 is 0.